The SMILES string of the molecule is O=S(c1ccccc1CO)c1ccccc1CN1CCC[C@H]1CO. The molecule has 4 nitrogen and oxygen atoms in total. The lowest BCUT2D eigenvalue weighted by atomic mass is 10.2. The van der Waals surface area contributed by atoms with Gasteiger partial charge in [-0.2, -0.15) is 0 Å². The first-order chi connectivity index (χ1) is 11.7. The molecule has 1 aliphatic heterocycles. The Labute approximate surface area is 145 Å². The summed E-state index contributed by atoms with van der Waals surface area (Å²) in [6.45, 7) is 1.69. The van der Waals surface area contributed by atoms with Gasteiger partial charge in [0.2, 0.25) is 0 Å². The first kappa shape index (κ1) is 17.3. The summed E-state index contributed by atoms with van der Waals surface area (Å²) in [5.41, 5.74) is 1.71. The van der Waals surface area contributed by atoms with Gasteiger partial charge in [0.25, 0.3) is 0 Å². The van der Waals surface area contributed by atoms with Gasteiger partial charge in [-0.3, -0.25) is 4.90 Å². The van der Waals surface area contributed by atoms with Crippen molar-refractivity contribution in [1.82, 2.24) is 4.90 Å². The fourth-order valence-electron chi connectivity index (χ4n) is 3.28. The van der Waals surface area contributed by atoms with Gasteiger partial charge < -0.3 is 10.2 Å². The molecular formula is C19H23NO3S. The van der Waals surface area contributed by atoms with Crippen LogP contribution < -0.4 is 0 Å². The lowest BCUT2D eigenvalue weighted by molar-refractivity contribution is 0.153. The topological polar surface area (TPSA) is 60.8 Å². The Morgan fingerprint density at radius 2 is 1.62 bits per heavy atom. The molecule has 0 aliphatic carbocycles. The number of likely N-dealkylation sites (tertiary alicyclic amines) is 1. The maximum atomic E-state index is 13.1. The highest BCUT2D eigenvalue weighted by molar-refractivity contribution is 7.85. The molecule has 128 valence electrons. The minimum absolute atomic E-state index is 0.122. The summed E-state index contributed by atoms with van der Waals surface area (Å²) in [6.07, 6.45) is 2.10. The van der Waals surface area contributed by atoms with Crippen LogP contribution in [0.5, 0.6) is 0 Å². The average Bonchev–Trinajstić information content (AvgIpc) is 3.08. The minimum Gasteiger partial charge on any atom is -0.395 e. The van der Waals surface area contributed by atoms with Crippen LogP contribution in [0, 0.1) is 0 Å². The van der Waals surface area contributed by atoms with Gasteiger partial charge in [0.1, 0.15) is 0 Å². The summed E-state index contributed by atoms with van der Waals surface area (Å²) in [5, 5.41) is 19.0. The van der Waals surface area contributed by atoms with Gasteiger partial charge in [0.15, 0.2) is 0 Å². The van der Waals surface area contributed by atoms with Crippen LogP contribution in [0.25, 0.3) is 0 Å². The zero-order valence-electron chi connectivity index (χ0n) is 13.6. The van der Waals surface area contributed by atoms with Gasteiger partial charge in [0, 0.05) is 22.4 Å². The number of benzene rings is 2. The zero-order chi connectivity index (χ0) is 16.9. The second-order valence-electron chi connectivity index (χ2n) is 6.09. The molecule has 0 spiro atoms. The normalized spacial score (nSPS) is 19.5. The van der Waals surface area contributed by atoms with Crippen molar-refractivity contribution >= 4 is 10.8 Å². The quantitative estimate of drug-likeness (QED) is 0.843. The Balaban J connectivity index is 1.90. The van der Waals surface area contributed by atoms with E-state index in [1.807, 2.05) is 42.5 Å². The summed E-state index contributed by atoms with van der Waals surface area (Å²) >= 11 is 0. The Hall–Kier alpha value is -1.53. The Morgan fingerprint density at radius 1 is 1.00 bits per heavy atom. The standard InChI is InChI=1S/C19H23NO3S/c21-13-16-7-2-4-10-19(16)24(23)18-9-3-1-6-15(18)12-20-11-5-8-17(20)14-22/h1-4,6-7,9-10,17,21-22H,5,8,11-14H2/t17-,24?/m0/s1. The molecule has 3 rings (SSSR count). The molecule has 0 amide bonds. The molecule has 0 bridgehead atoms. The largest absolute Gasteiger partial charge is 0.395 e. The lowest BCUT2D eigenvalue weighted by Gasteiger charge is -2.24. The van der Waals surface area contributed by atoms with E-state index < -0.39 is 10.8 Å². The smallest absolute Gasteiger partial charge is 0.0856 e. The van der Waals surface area contributed by atoms with Crippen LogP contribution in [0.3, 0.4) is 0 Å². The molecule has 1 aliphatic rings. The van der Waals surface area contributed by atoms with Crippen LogP contribution in [-0.2, 0) is 24.0 Å². The second-order valence-corrected chi connectivity index (χ2v) is 7.51. The van der Waals surface area contributed by atoms with Crippen molar-refractivity contribution in [3.63, 3.8) is 0 Å². The zero-order valence-corrected chi connectivity index (χ0v) is 14.4. The summed E-state index contributed by atoms with van der Waals surface area (Å²) in [5.74, 6) is 0. The maximum Gasteiger partial charge on any atom is 0.0856 e. The third-order valence-corrected chi connectivity index (χ3v) is 6.19. The molecule has 2 aromatic rings. The van der Waals surface area contributed by atoms with Gasteiger partial charge in [-0.1, -0.05) is 36.4 Å². The highest BCUT2D eigenvalue weighted by atomic mass is 32.2. The fourth-order valence-corrected chi connectivity index (χ4v) is 4.66. The lowest BCUT2D eigenvalue weighted by Crippen LogP contribution is -2.32. The van der Waals surface area contributed by atoms with Crippen molar-refractivity contribution in [3.8, 4) is 0 Å². The van der Waals surface area contributed by atoms with Crippen LogP contribution in [0.4, 0.5) is 0 Å². The maximum absolute atomic E-state index is 13.1. The molecule has 2 atom stereocenters. The van der Waals surface area contributed by atoms with E-state index >= 15 is 0 Å². The molecule has 0 saturated carbocycles. The predicted octanol–water partition coefficient (Wildman–Crippen LogP) is 2.30. The number of aliphatic hydroxyl groups excluding tert-OH is 2. The molecule has 1 unspecified atom stereocenters. The van der Waals surface area contributed by atoms with E-state index in [1.54, 1.807) is 6.07 Å². The van der Waals surface area contributed by atoms with Gasteiger partial charge in [-0.25, -0.2) is 4.21 Å². The molecule has 0 aromatic heterocycles. The number of aliphatic hydroxyl groups is 2. The molecular weight excluding hydrogens is 322 g/mol. The summed E-state index contributed by atoms with van der Waals surface area (Å²) in [7, 11) is -1.33. The van der Waals surface area contributed by atoms with Gasteiger partial charge in [-0.15, -0.1) is 0 Å². The van der Waals surface area contributed by atoms with Crippen LogP contribution in [0.15, 0.2) is 58.3 Å². The molecule has 2 N–H and O–H groups in total. The van der Waals surface area contributed by atoms with Crippen LogP contribution in [0.2, 0.25) is 0 Å². The average molecular weight is 345 g/mol. The minimum atomic E-state index is -1.33. The highest BCUT2D eigenvalue weighted by Crippen LogP contribution is 2.26. The Kier molecular flexibility index (Phi) is 5.79. The van der Waals surface area contributed by atoms with E-state index in [9.17, 15) is 14.4 Å². The first-order valence-electron chi connectivity index (χ1n) is 8.28. The molecule has 1 heterocycles. The van der Waals surface area contributed by atoms with Gasteiger partial charge in [-0.05, 0) is 42.6 Å². The highest BCUT2D eigenvalue weighted by Gasteiger charge is 2.25. The monoisotopic (exact) mass is 345 g/mol. The number of hydrogen-bond acceptors (Lipinski definition) is 4. The first-order valence-corrected chi connectivity index (χ1v) is 9.43. The van der Waals surface area contributed by atoms with Crippen molar-refractivity contribution < 1.29 is 14.4 Å². The van der Waals surface area contributed by atoms with Crippen molar-refractivity contribution in [1.29, 1.82) is 0 Å². The van der Waals surface area contributed by atoms with Crippen molar-refractivity contribution in [2.45, 2.75) is 41.8 Å². The summed E-state index contributed by atoms with van der Waals surface area (Å²) in [4.78, 5) is 3.70. The van der Waals surface area contributed by atoms with E-state index in [0.717, 1.165) is 29.8 Å². The van der Waals surface area contributed by atoms with Crippen LogP contribution in [0.1, 0.15) is 24.0 Å². The summed E-state index contributed by atoms with van der Waals surface area (Å²) < 4.78 is 13.1. The molecule has 0 radical (unpaired) electrons. The number of hydrogen-bond donors (Lipinski definition) is 2. The molecule has 5 heteroatoms. The van der Waals surface area contributed by atoms with Gasteiger partial charge >= 0.3 is 0 Å². The van der Waals surface area contributed by atoms with E-state index in [-0.39, 0.29) is 19.3 Å². The van der Waals surface area contributed by atoms with Gasteiger partial charge in [0.05, 0.1) is 24.0 Å². The van der Waals surface area contributed by atoms with E-state index in [4.69, 9.17) is 0 Å². The van der Waals surface area contributed by atoms with Crippen molar-refractivity contribution in [3.05, 3.63) is 59.7 Å². The number of rotatable bonds is 6. The third kappa shape index (κ3) is 3.59. The Bertz CT molecular complexity index is 719. The van der Waals surface area contributed by atoms with Crippen LogP contribution in [-0.4, -0.2) is 38.5 Å². The molecule has 1 saturated heterocycles. The second kappa shape index (κ2) is 8.03. The summed E-state index contributed by atoms with van der Waals surface area (Å²) in [6, 6.07) is 15.2. The molecule has 2 aromatic carbocycles. The Morgan fingerprint density at radius 3 is 2.29 bits per heavy atom. The van der Waals surface area contributed by atoms with Crippen LogP contribution >= 0.6 is 0 Å². The van der Waals surface area contributed by atoms with Crippen molar-refractivity contribution in [2.75, 3.05) is 13.2 Å². The molecule has 24 heavy (non-hydrogen) atoms. The van der Waals surface area contributed by atoms with E-state index in [1.165, 1.54) is 0 Å². The van der Waals surface area contributed by atoms with Crippen molar-refractivity contribution in [2.24, 2.45) is 0 Å². The van der Waals surface area contributed by atoms with E-state index in [0.29, 0.717) is 17.0 Å². The predicted molar refractivity (Wildman–Crippen MR) is 94.0 cm³/mol. The third-order valence-electron chi connectivity index (χ3n) is 4.60. The number of nitrogens with zero attached hydrogens (tertiary/aromatic N) is 1. The van der Waals surface area contributed by atoms with E-state index in [2.05, 4.69) is 4.90 Å². The fraction of sp³-hybridized carbons (Fsp3) is 0.368. The molecule has 1 fully saturated rings.